The molecule has 3 aromatic rings. The van der Waals surface area contributed by atoms with Crippen molar-refractivity contribution in [3.63, 3.8) is 0 Å². The van der Waals surface area contributed by atoms with Gasteiger partial charge in [-0.05, 0) is 30.2 Å². The summed E-state index contributed by atoms with van der Waals surface area (Å²) >= 11 is 6.11. The Labute approximate surface area is 163 Å². The molecule has 8 nitrogen and oxygen atoms in total. The molecule has 11 heteroatoms. The number of fused-ring (bicyclic) bond motifs is 2. The number of nitrogens with zero attached hydrogens (tertiary/aromatic N) is 3. The van der Waals surface area contributed by atoms with Crippen molar-refractivity contribution in [3.8, 4) is 0 Å². The molecule has 1 N–H and O–H groups in total. The zero-order chi connectivity index (χ0) is 20.1. The van der Waals surface area contributed by atoms with Crippen molar-refractivity contribution in [2.45, 2.75) is 17.4 Å². The van der Waals surface area contributed by atoms with Gasteiger partial charge in [0, 0.05) is 12.1 Å². The highest BCUT2D eigenvalue weighted by Gasteiger charge is 2.31. The number of benzene rings is 2. The molecule has 1 aliphatic heterocycles. The highest BCUT2D eigenvalue weighted by molar-refractivity contribution is 7.91. The SMILES string of the molecule is O=[N+]([O-])c1cc(Cl)c2ncnc(NC3CCS(=O)(=O)c4ccc(F)cc43)c2c1. The van der Waals surface area contributed by atoms with E-state index in [4.69, 9.17) is 11.6 Å². The predicted molar refractivity (Wildman–Crippen MR) is 101 cm³/mol. The van der Waals surface area contributed by atoms with Crippen LogP contribution < -0.4 is 5.32 Å². The predicted octanol–water partition coefficient (Wildman–Crippen LogP) is 3.66. The Kier molecular flexibility index (Phi) is 4.39. The largest absolute Gasteiger partial charge is 0.363 e. The Hall–Kier alpha value is -2.85. The number of nitrogens with one attached hydrogen (secondary N) is 1. The number of rotatable bonds is 3. The smallest absolute Gasteiger partial charge is 0.271 e. The van der Waals surface area contributed by atoms with Gasteiger partial charge < -0.3 is 5.32 Å². The average Bonchev–Trinajstić information content (AvgIpc) is 2.64. The minimum Gasteiger partial charge on any atom is -0.363 e. The van der Waals surface area contributed by atoms with Gasteiger partial charge in [0.1, 0.15) is 18.0 Å². The zero-order valence-electron chi connectivity index (χ0n) is 14.1. The summed E-state index contributed by atoms with van der Waals surface area (Å²) in [7, 11) is -3.50. The van der Waals surface area contributed by atoms with Crippen molar-refractivity contribution in [1.29, 1.82) is 0 Å². The fraction of sp³-hybridized carbons (Fsp3) is 0.176. The molecule has 4 rings (SSSR count). The number of anilines is 1. The molecule has 1 atom stereocenters. The number of aromatic nitrogens is 2. The summed E-state index contributed by atoms with van der Waals surface area (Å²) in [4.78, 5) is 18.8. The Morgan fingerprint density at radius 3 is 2.79 bits per heavy atom. The molecule has 1 unspecified atom stereocenters. The lowest BCUT2D eigenvalue weighted by Crippen LogP contribution is -2.25. The normalized spacial score (nSPS) is 17.9. The van der Waals surface area contributed by atoms with Crippen LogP contribution in [0.4, 0.5) is 15.9 Å². The minimum atomic E-state index is -3.50. The van der Waals surface area contributed by atoms with Crippen LogP contribution in [0.2, 0.25) is 5.02 Å². The molecule has 144 valence electrons. The van der Waals surface area contributed by atoms with E-state index in [9.17, 15) is 22.9 Å². The van der Waals surface area contributed by atoms with Gasteiger partial charge in [0.15, 0.2) is 9.84 Å². The highest BCUT2D eigenvalue weighted by Crippen LogP contribution is 2.37. The Bertz CT molecular complexity index is 1240. The third-order valence-electron chi connectivity index (χ3n) is 4.56. The molecule has 0 saturated carbocycles. The Morgan fingerprint density at radius 1 is 1.25 bits per heavy atom. The van der Waals surface area contributed by atoms with Crippen molar-refractivity contribution >= 4 is 43.8 Å². The molecule has 0 fully saturated rings. The van der Waals surface area contributed by atoms with E-state index in [0.29, 0.717) is 10.9 Å². The molecule has 28 heavy (non-hydrogen) atoms. The molecule has 2 aromatic carbocycles. The third-order valence-corrected chi connectivity index (χ3v) is 6.66. The van der Waals surface area contributed by atoms with E-state index in [2.05, 4.69) is 15.3 Å². The first-order valence-electron chi connectivity index (χ1n) is 8.13. The molecule has 0 radical (unpaired) electrons. The van der Waals surface area contributed by atoms with Gasteiger partial charge in [0.2, 0.25) is 0 Å². The lowest BCUT2D eigenvalue weighted by atomic mass is 10.0. The highest BCUT2D eigenvalue weighted by atomic mass is 35.5. The van der Waals surface area contributed by atoms with E-state index >= 15 is 0 Å². The van der Waals surface area contributed by atoms with Gasteiger partial charge >= 0.3 is 0 Å². The summed E-state index contributed by atoms with van der Waals surface area (Å²) in [5, 5.41) is 14.6. The topological polar surface area (TPSA) is 115 Å². The van der Waals surface area contributed by atoms with Crippen LogP contribution in [0.25, 0.3) is 10.9 Å². The molecular weight excluding hydrogens is 411 g/mol. The molecule has 1 aromatic heterocycles. The van der Waals surface area contributed by atoms with Gasteiger partial charge in [-0.15, -0.1) is 0 Å². The van der Waals surface area contributed by atoms with Gasteiger partial charge in [0.05, 0.1) is 37.5 Å². The van der Waals surface area contributed by atoms with Crippen LogP contribution in [0, 0.1) is 15.9 Å². The molecule has 0 amide bonds. The molecule has 0 saturated heterocycles. The number of hydrogen-bond donors (Lipinski definition) is 1. The average molecular weight is 423 g/mol. The number of nitro groups is 1. The Morgan fingerprint density at radius 2 is 2.04 bits per heavy atom. The van der Waals surface area contributed by atoms with Crippen molar-refractivity contribution in [2.75, 3.05) is 11.1 Å². The summed E-state index contributed by atoms with van der Waals surface area (Å²) in [6, 6.07) is 5.44. The second-order valence-electron chi connectivity index (χ2n) is 6.29. The van der Waals surface area contributed by atoms with Gasteiger partial charge in [-0.2, -0.15) is 0 Å². The maximum atomic E-state index is 13.8. The fourth-order valence-electron chi connectivity index (χ4n) is 3.26. The summed E-state index contributed by atoms with van der Waals surface area (Å²) in [6.07, 6.45) is 1.43. The van der Waals surface area contributed by atoms with Gasteiger partial charge in [-0.25, -0.2) is 22.8 Å². The summed E-state index contributed by atoms with van der Waals surface area (Å²) in [6.45, 7) is 0. The first-order valence-corrected chi connectivity index (χ1v) is 10.2. The third kappa shape index (κ3) is 3.14. The number of non-ortho nitro benzene ring substituents is 1. The quantitative estimate of drug-likeness (QED) is 0.389. The van der Waals surface area contributed by atoms with Gasteiger partial charge in [-0.3, -0.25) is 10.1 Å². The maximum Gasteiger partial charge on any atom is 0.271 e. The van der Waals surface area contributed by atoms with Crippen molar-refractivity contribution < 1.29 is 17.7 Å². The summed E-state index contributed by atoms with van der Waals surface area (Å²) in [5.74, 6) is -0.434. The van der Waals surface area contributed by atoms with E-state index in [1.54, 1.807) is 0 Å². The Balaban J connectivity index is 1.83. The maximum absolute atomic E-state index is 13.8. The number of halogens is 2. The number of nitro benzene ring substituents is 1. The van der Waals surface area contributed by atoms with E-state index in [-0.39, 0.29) is 39.2 Å². The first kappa shape index (κ1) is 18.5. The van der Waals surface area contributed by atoms with E-state index in [1.807, 2.05) is 0 Å². The molecule has 0 spiro atoms. The van der Waals surface area contributed by atoms with Crippen LogP contribution in [0.5, 0.6) is 0 Å². The summed E-state index contributed by atoms with van der Waals surface area (Å²) in [5.41, 5.74) is 0.371. The standard InChI is InChI=1S/C17H12ClFN4O4S/c18-13-7-10(23(24)25)6-12-16(13)20-8-21-17(12)22-14-3-4-28(26,27)15-2-1-9(19)5-11(14)15/h1-2,5-8,14H,3-4H2,(H,20,21,22). The number of hydrogen-bond acceptors (Lipinski definition) is 7. The van der Waals surface area contributed by atoms with Crippen molar-refractivity contribution in [1.82, 2.24) is 9.97 Å². The van der Waals surface area contributed by atoms with Crippen LogP contribution in [0.15, 0.2) is 41.6 Å². The molecule has 0 aliphatic carbocycles. The van der Waals surface area contributed by atoms with Crippen LogP contribution in [-0.4, -0.2) is 29.1 Å². The van der Waals surface area contributed by atoms with Gasteiger partial charge in [0.25, 0.3) is 5.69 Å². The van der Waals surface area contributed by atoms with E-state index < -0.39 is 26.6 Å². The second kappa shape index (κ2) is 6.64. The van der Waals surface area contributed by atoms with E-state index in [0.717, 1.165) is 6.07 Å². The summed E-state index contributed by atoms with van der Waals surface area (Å²) < 4.78 is 38.3. The lowest BCUT2D eigenvalue weighted by molar-refractivity contribution is -0.384. The lowest BCUT2D eigenvalue weighted by Gasteiger charge is -2.27. The van der Waals surface area contributed by atoms with Crippen LogP contribution >= 0.6 is 11.6 Å². The molecule has 1 aliphatic rings. The van der Waals surface area contributed by atoms with Crippen LogP contribution in [-0.2, 0) is 9.84 Å². The minimum absolute atomic E-state index is 0.0556. The second-order valence-corrected chi connectivity index (χ2v) is 8.77. The van der Waals surface area contributed by atoms with Gasteiger partial charge in [-0.1, -0.05) is 11.6 Å². The number of sulfone groups is 1. The van der Waals surface area contributed by atoms with Crippen molar-refractivity contribution in [2.24, 2.45) is 0 Å². The van der Waals surface area contributed by atoms with E-state index in [1.165, 1.54) is 30.6 Å². The molecule has 2 heterocycles. The van der Waals surface area contributed by atoms with Crippen LogP contribution in [0.1, 0.15) is 18.0 Å². The molecule has 0 bridgehead atoms. The van der Waals surface area contributed by atoms with Crippen LogP contribution in [0.3, 0.4) is 0 Å². The molecular formula is C17H12ClFN4O4S. The monoisotopic (exact) mass is 422 g/mol. The first-order chi connectivity index (χ1) is 13.3. The zero-order valence-corrected chi connectivity index (χ0v) is 15.7. The fourth-order valence-corrected chi connectivity index (χ4v) is 5.12. The van der Waals surface area contributed by atoms with Crippen molar-refractivity contribution in [3.05, 3.63) is 63.2 Å².